The molecule has 4 heteroatoms. The van der Waals surface area contributed by atoms with Gasteiger partial charge in [-0.05, 0) is 12.8 Å². The van der Waals surface area contributed by atoms with E-state index in [9.17, 15) is 0 Å². The monoisotopic (exact) mass is 194 g/mol. The molecule has 14 heavy (non-hydrogen) atoms. The number of nitrogen functional groups attached to an aromatic ring is 1. The van der Waals surface area contributed by atoms with Gasteiger partial charge in [-0.25, -0.2) is 9.97 Å². The van der Waals surface area contributed by atoms with E-state index in [0.717, 1.165) is 19.0 Å². The first kappa shape index (κ1) is 10.8. The van der Waals surface area contributed by atoms with Crippen LogP contribution < -0.4 is 10.6 Å². The zero-order valence-electron chi connectivity index (χ0n) is 8.90. The number of hydrogen-bond acceptors (Lipinski definition) is 4. The third-order valence-corrected chi connectivity index (χ3v) is 2.05. The molecule has 0 aromatic carbocycles. The quantitative estimate of drug-likeness (QED) is 0.739. The molecule has 1 aromatic rings. The third-order valence-electron chi connectivity index (χ3n) is 2.05. The van der Waals surface area contributed by atoms with Gasteiger partial charge in [0.1, 0.15) is 0 Å². The maximum absolute atomic E-state index is 5.48. The first-order chi connectivity index (χ1) is 6.86. The minimum atomic E-state index is 0.623. The SMILES string of the molecule is CC.Nc1cnc(N2CCCC2)nc1. The number of rotatable bonds is 1. The fraction of sp³-hybridized carbons (Fsp3) is 0.600. The van der Waals surface area contributed by atoms with E-state index in [2.05, 4.69) is 14.9 Å². The van der Waals surface area contributed by atoms with Gasteiger partial charge in [0.05, 0.1) is 18.1 Å². The molecule has 0 aliphatic carbocycles. The maximum Gasteiger partial charge on any atom is 0.225 e. The topological polar surface area (TPSA) is 55.0 Å². The molecule has 0 unspecified atom stereocenters. The highest BCUT2D eigenvalue weighted by Gasteiger charge is 2.13. The van der Waals surface area contributed by atoms with Crippen LogP contribution in [0.4, 0.5) is 11.6 Å². The highest BCUT2D eigenvalue weighted by atomic mass is 15.3. The molecule has 0 radical (unpaired) electrons. The number of anilines is 2. The van der Waals surface area contributed by atoms with Crippen molar-refractivity contribution in [3.8, 4) is 0 Å². The van der Waals surface area contributed by atoms with Gasteiger partial charge in [-0.15, -0.1) is 0 Å². The Labute approximate surface area is 85.2 Å². The van der Waals surface area contributed by atoms with Crippen LogP contribution >= 0.6 is 0 Å². The van der Waals surface area contributed by atoms with Crippen molar-refractivity contribution >= 4 is 11.6 Å². The van der Waals surface area contributed by atoms with Crippen molar-refractivity contribution in [3.63, 3.8) is 0 Å². The molecular weight excluding hydrogens is 176 g/mol. The van der Waals surface area contributed by atoms with E-state index in [1.807, 2.05) is 13.8 Å². The van der Waals surface area contributed by atoms with E-state index in [4.69, 9.17) is 5.73 Å². The van der Waals surface area contributed by atoms with Crippen molar-refractivity contribution in [2.75, 3.05) is 23.7 Å². The summed E-state index contributed by atoms with van der Waals surface area (Å²) in [5.41, 5.74) is 6.10. The van der Waals surface area contributed by atoms with Gasteiger partial charge in [0.15, 0.2) is 0 Å². The highest BCUT2D eigenvalue weighted by Crippen LogP contribution is 2.14. The van der Waals surface area contributed by atoms with Crippen molar-refractivity contribution < 1.29 is 0 Å². The molecule has 1 aliphatic heterocycles. The maximum atomic E-state index is 5.48. The average molecular weight is 194 g/mol. The van der Waals surface area contributed by atoms with E-state index < -0.39 is 0 Å². The molecule has 1 saturated heterocycles. The molecule has 2 heterocycles. The molecule has 4 nitrogen and oxygen atoms in total. The van der Waals surface area contributed by atoms with Crippen molar-refractivity contribution in [2.24, 2.45) is 0 Å². The minimum Gasteiger partial charge on any atom is -0.396 e. The number of nitrogens with two attached hydrogens (primary N) is 1. The molecule has 1 aromatic heterocycles. The van der Waals surface area contributed by atoms with Crippen LogP contribution in [0, 0.1) is 0 Å². The molecule has 0 amide bonds. The smallest absolute Gasteiger partial charge is 0.225 e. The van der Waals surface area contributed by atoms with Crippen molar-refractivity contribution in [3.05, 3.63) is 12.4 Å². The molecule has 0 saturated carbocycles. The van der Waals surface area contributed by atoms with Gasteiger partial charge in [0.25, 0.3) is 0 Å². The van der Waals surface area contributed by atoms with E-state index >= 15 is 0 Å². The van der Waals surface area contributed by atoms with Crippen LogP contribution in [-0.2, 0) is 0 Å². The number of hydrogen-bond donors (Lipinski definition) is 1. The van der Waals surface area contributed by atoms with Gasteiger partial charge in [-0.2, -0.15) is 0 Å². The van der Waals surface area contributed by atoms with Gasteiger partial charge < -0.3 is 10.6 Å². The van der Waals surface area contributed by atoms with E-state index in [0.29, 0.717) is 5.69 Å². The fourth-order valence-electron chi connectivity index (χ4n) is 1.41. The van der Waals surface area contributed by atoms with Gasteiger partial charge in [0.2, 0.25) is 5.95 Å². The molecule has 0 atom stereocenters. The Morgan fingerprint density at radius 3 is 2.14 bits per heavy atom. The zero-order chi connectivity index (χ0) is 10.4. The minimum absolute atomic E-state index is 0.623. The molecule has 2 rings (SSSR count). The lowest BCUT2D eigenvalue weighted by molar-refractivity contribution is 0.899. The first-order valence-electron chi connectivity index (χ1n) is 5.19. The summed E-state index contributed by atoms with van der Waals surface area (Å²) in [7, 11) is 0. The molecule has 0 bridgehead atoms. The van der Waals surface area contributed by atoms with Crippen molar-refractivity contribution in [1.82, 2.24) is 9.97 Å². The second kappa shape index (κ2) is 5.42. The number of nitrogens with zero attached hydrogens (tertiary/aromatic N) is 3. The summed E-state index contributed by atoms with van der Waals surface area (Å²) in [6, 6.07) is 0. The van der Waals surface area contributed by atoms with E-state index in [1.165, 1.54) is 12.8 Å². The Kier molecular flexibility index (Phi) is 4.16. The van der Waals surface area contributed by atoms with Crippen LogP contribution in [0.2, 0.25) is 0 Å². The molecular formula is C10H18N4. The third kappa shape index (κ3) is 2.58. The number of aromatic nitrogens is 2. The highest BCUT2D eigenvalue weighted by molar-refractivity contribution is 5.38. The lowest BCUT2D eigenvalue weighted by atomic mass is 10.4. The van der Waals surface area contributed by atoms with Gasteiger partial charge in [-0.1, -0.05) is 13.8 Å². The molecule has 1 aliphatic rings. The van der Waals surface area contributed by atoms with Crippen LogP contribution in [0.5, 0.6) is 0 Å². The van der Waals surface area contributed by atoms with Crippen LogP contribution in [0.25, 0.3) is 0 Å². The summed E-state index contributed by atoms with van der Waals surface area (Å²) >= 11 is 0. The first-order valence-corrected chi connectivity index (χ1v) is 5.19. The molecule has 0 spiro atoms. The largest absolute Gasteiger partial charge is 0.396 e. The van der Waals surface area contributed by atoms with Crippen molar-refractivity contribution in [1.29, 1.82) is 0 Å². The Bertz CT molecular complexity index is 251. The summed E-state index contributed by atoms with van der Waals surface area (Å²) in [5.74, 6) is 0.807. The lowest BCUT2D eigenvalue weighted by Gasteiger charge is -2.13. The Hall–Kier alpha value is -1.32. The standard InChI is InChI=1S/C8H12N4.C2H6/c9-7-5-10-8(11-6-7)12-3-1-2-4-12;1-2/h5-6H,1-4,9H2;1-2H3. The molecule has 2 N–H and O–H groups in total. The van der Waals surface area contributed by atoms with Gasteiger partial charge in [0, 0.05) is 13.1 Å². The zero-order valence-corrected chi connectivity index (χ0v) is 8.90. The van der Waals surface area contributed by atoms with Crippen LogP contribution in [0.3, 0.4) is 0 Å². The predicted molar refractivity (Wildman–Crippen MR) is 59.2 cm³/mol. The van der Waals surface area contributed by atoms with Gasteiger partial charge in [-0.3, -0.25) is 0 Å². The average Bonchev–Trinajstić information content (AvgIpc) is 2.75. The van der Waals surface area contributed by atoms with Crippen LogP contribution in [0.15, 0.2) is 12.4 Å². The van der Waals surface area contributed by atoms with Crippen molar-refractivity contribution in [2.45, 2.75) is 26.7 Å². The fourth-order valence-corrected chi connectivity index (χ4v) is 1.41. The molecule has 1 fully saturated rings. The summed E-state index contributed by atoms with van der Waals surface area (Å²) in [6.45, 7) is 6.15. The summed E-state index contributed by atoms with van der Waals surface area (Å²) in [5, 5.41) is 0. The molecule has 78 valence electrons. The summed E-state index contributed by atoms with van der Waals surface area (Å²) < 4.78 is 0. The summed E-state index contributed by atoms with van der Waals surface area (Å²) in [4.78, 5) is 10.5. The lowest BCUT2D eigenvalue weighted by Crippen LogP contribution is -2.20. The second-order valence-electron chi connectivity index (χ2n) is 3.01. The van der Waals surface area contributed by atoms with Crippen LogP contribution in [-0.4, -0.2) is 23.1 Å². The summed E-state index contributed by atoms with van der Waals surface area (Å²) in [6.07, 6.45) is 5.79. The predicted octanol–water partition coefficient (Wildman–Crippen LogP) is 1.69. The van der Waals surface area contributed by atoms with E-state index in [-0.39, 0.29) is 0 Å². The van der Waals surface area contributed by atoms with Gasteiger partial charge >= 0.3 is 0 Å². The van der Waals surface area contributed by atoms with E-state index in [1.54, 1.807) is 12.4 Å². The Morgan fingerprint density at radius 1 is 1.14 bits per heavy atom. The normalized spacial score (nSPS) is 14.9. The second-order valence-corrected chi connectivity index (χ2v) is 3.01. The Morgan fingerprint density at radius 2 is 1.64 bits per heavy atom. The van der Waals surface area contributed by atoms with Crippen LogP contribution in [0.1, 0.15) is 26.7 Å². The Balaban J connectivity index is 0.000000461.